The molecule has 126 valence electrons. The maximum Gasteiger partial charge on any atom is 0.0514 e. The van der Waals surface area contributed by atoms with Crippen molar-refractivity contribution in [2.45, 2.75) is 33.1 Å². The van der Waals surface area contributed by atoms with Gasteiger partial charge in [-0.1, -0.05) is 35.3 Å². The van der Waals surface area contributed by atoms with Crippen LogP contribution in [0.5, 0.6) is 0 Å². The van der Waals surface area contributed by atoms with E-state index in [2.05, 4.69) is 31.0 Å². The number of hydrogen-bond acceptors (Lipinski definition) is 1. The molecule has 4 heteroatoms. The molecule has 1 aromatic heterocycles. The quantitative estimate of drug-likeness (QED) is 0.535. The first-order valence-corrected chi connectivity index (χ1v) is 9.04. The zero-order valence-electron chi connectivity index (χ0n) is 14.0. The summed E-state index contributed by atoms with van der Waals surface area (Å²) in [5.74, 6) is 0. The lowest BCUT2D eigenvalue weighted by Gasteiger charge is -2.08. The first-order chi connectivity index (χ1) is 11.5. The second-order valence-corrected chi connectivity index (χ2v) is 7.14. The van der Waals surface area contributed by atoms with Gasteiger partial charge in [0.25, 0.3) is 0 Å². The lowest BCUT2D eigenvalue weighted by molar-refractivity contribution is 0.748. The lowest BCUT2D eigenvalue weighted by Crippen LogP contribution is -1.99. The molecule has 0 fully saturated rings. The van der Waals surface area contributed by atoms with Crippen LogP contribution in [-0.2, 0) is 6.42 Å². The van der Waals surface area contributed by atoms with Gasteiger partial charge in [0.1, 0.15) is 0 Å². The molecule has 0 spiro atoms. The van der Waals surface area contributed by atoms with Crippen molar-refractivity contribution in [1.29, 1.82) is 0 Å². The van der Waals surface area contributed by atoms with E-state index in [1.165, 1.54) is 27.6 Å². The summed E-state index contributed by atoms with van der Waals surface area (Å²) in [5.41, 5.74) is 12.8. The van der Waals surface area contributed by atoms with Crippen molar-refractivity contribution in [2.75, 3.05) is 6.54 Å². The van der Waals surface area contributed by atoms with E-state index in [0.717, 1.165) is 37.1 Å². The fourth-order valence-corrected chi connectivity index (χ4v) is 3.81. The molecule has 3 rings (SSSR count). The average molecular weight is 361 g/mol. The predicted octanol–water partition coefficient (Wildman–Crippen LogP) is 6.04. The van der Waals surface area contributed by atoms with Crippen LogP contribution in [0.2, 0.25) is 10.0 Å². The Morgan fingerprint density at radius 1 is 1.00 bits per heavy atom. The Hall–Kier alpha value is -1.48. The van der Waals surface area contributed by atoms with Crippen LogP contribution in [0.3, 0.4) is 0 Å². The highest BCUT2D eigenvalue weighted by Crippen LogP contribution is 2.38. The monoisotopic (exact) mass is 360 g/mol. The van der Waals surface area contributed by atoms with Gasteiger partial charge >= 0.3 is 0 Å². The molecule has 0 saturated heterocycles. The number of H-pyrrole nitrogens is 1. The van der Waals surface area contributed by atoms with E-state index in [0.29, 0.717) is 10.0 Å². The molecule has 0 amide bonds. The third kappa shape index (κ3) is 3.19. The van der Waals surface area contributed by atoms with Crippen molar-refractivity contribution in [1.82, 2.24) is 4.98 Å². The third-order valence-electron chi connectivity index (χ3n) is 4.56. The number of aromatic amines is 1. The standard InChI is InChI=1S/C20H22Cl2N2/c1-12-6-7-13(2)19-18(12)16(5-3-4-10-23)20(24-19)15-9-8-14(21)11-17(15)22/h6-9,11,24H,3-5,10,23H2,1-2H3. The van der Waals surface area contributed by atoms with E-state index in [1.807, 2.05) is 12.1 Å². The molecule has 0 aliphatic heterocycles. The van der Waals surface area contributed by atoms with Crippen LogP contribution < -0.4 is 5.73 Å². The van der Waals surface area contributed by atoms with Crippen LogP contribution in [0, 0.1) is 13.8 Å². The van der Waals surface area contributed by atoms with Crippen molar-refractivity contribution in [3.05, 3.63) is 57.1 Å². The first-order valence-electron chi connectivity index (χ1n) is 8.29. The number of aromatic nitrogens is 1. The van der Waals surface area contributed by atoms with Crippen LogP contribution in [0.4, 0.5) is 0 Å². The highest BCUT2D eigenvalue weighted by atomic mass is 35.5. The summed E-state index contributed by atoms with van der Waals surface area (Å²) >= 11 is 12.5. The summed E-state index contributed by atoms with van der Waals surface area (Å²) in [6, 6.07) is 10.0. The summed E-state index contributed by atoms with van der Waals surface area (Å²) in [4.78, 5) is 3.62. The fourth-order valence-electron chi connectivity index (χ4n) is 3.30. The topological polar surface area (TPSA) is 41.8 Å². The van der Waals surface area contributed by atoms with Gasteiger partial charge in [-0.3, -0.25) is 0 Å². The van der Waals surface area contributed by atoms with E-state index < -0.39 is 0 Å². The van der Waals surface area contributed by atoms with Gasteiger partial charge in [0, 0.05) is 21.5 Å². The number of aryl methyl sites for hydroxylation is 3. The number of halogens is 2. The van der Waals surface area contributed by atoms with Crippen LogP contribution >= 0.6 is 23.2 Å². The zero-order chi connectivity index (χ0) is 17.3. The molecule has 0 unspecified atom stereocenters. The fraction of sp³-hybridized carbons (Fsp3) is 0.300. The molecular weight excluding hydrogens is 339 g/mol. The Morgan fingerprint density at radius 2 is 1.75 bits per heavy atom. The number of hydrogen-bond donors (Lipinski definition) is 2. The molecule has 0 aliphatic rings. The van der Waals surface area contributed by atoms with Gasteiger partial charge in [-0.25, -0.2) is 0 Å². The maximum atomic E-state index is 6.48. The number of nitrogens with one attached hydrogen (secondary N) is 1. The minimum atomic E-state index is 0.650. The Balaban J connectivity index is 2.24. The average Bonchev–Trinajstić information content (AvgIpc) is 2.92. The van der Waals surface area contributed by atoms with E-state index in [1.54, 1.807) is 6.07 Å². The van der Waals surface area contributed by atoms with Crippen molar-refractivity contribution in [3.63, 3.8) is 0 Å². The number of nitrogens with two attached hydrogens (primary N) is 1. The van der Waals surface area contributed by atoms with Gasteiger partial charge in [0.05, 0.1) is 10.7 Å². The van der Waals surface area contributed by atoms with E-state index in [-0.39, 0.29) is 0 Å². The number of fused-ring (bicyclic) bond motifs is 1. The third-order valence-corrected chi connectivity index (χ3v) is 5.10. The largest absolute Gasteiger partial charge is 0.354 e. The summed E-state index contributed by atoms with van der Waals surface area (Å²) < 4.78 is 0. The second kappa shape index (κ2) is 7.18. The normalized spacial score (nSPS) is 11.4. The molecule has 0 bridgehead atoms. The number of unbranched alkanes of at least 4 members (excludes halogenated alkanes) is 1. The molecular formula is C20H22Cl2N2. The summed E-state index contributed by atoms with van der Waals surface area (Å²) in [6.45, 7) is 5.02. The highest BCUT2D eigenvalue weighted by Gasteiger charge is 2.17. The molecule has 3 N–H and O–H groups in total. The Bertz CT molecular complexity index is 881. The van der Waals surface area contributed by atoms with Crippen LogP contribution in [-0.4, -0.2) is 11.5 Å². The van der Waals surface area contributed by atoms with Gasteiger partial charge in [-0.2, -0.15) is 0 Å². The van der Waals surface area contributed by atoms with Crippen LogP contribution in [0.1, 0.15) is 29.5 Å². The van der Waals surface area contributed by atoms with Crippen molar-refractivity contribution < 1.29 is 0 Å². The lowest BCUT2D eigenvalue weighted by atomic mass is 9.97. The Morgan fingerprint density at radius 3 is 2.46 bits per heavy atom. The van der Waals surface area contributed by atoms with E-state index in [4.69, 9.17) is 28.9 Å². The molecule has 0 saturated carbocycles. The molecule has 0 radical (unpaired) electrons. The van der Waals surface area contributed by atoms with Gasteiger partial charge in [0.15, 0.2) is 0 Å². The first kappa shape index (κ1) is 17.3. The van der Waals surface area contributed by atoms with Crippen molar-refractivity contribution in [3.8, 4) is 11.3 Å². The smallest absolute Gasteiger partial charge is 0.0514 e. The zero-order valence-corrected chi connectivity index (χ0v) is 15.6. The van der Waals surface area contributed by atoms with Gasteiger partial charge in [0.2, 0.25) is 0 Å². The molecule has 0 aliphatic carbocycles. The summed E-state index contributed by atoms with van der Waals surface area (Å²) in [5, 5.41) is 2.63. The number of benzene rings is 2. The number of rotatable bonds is 5. The summed E-state index contributed by atoms with van der Waals surface area (Å²) in [7, 11) is 0. The van der Waals surface area contributed by atoms with Crippen molar-refractivity contribution in [2.24, 2.45) is 5.73 Å². The maximum absolute atomic E-state index is 6.48. The van der Waals surface area contributed by atoms with Gasteiger partial charge in [-0.05, 0) is 74.5 Å². The van der Waals surface area contributed by atoms with E-state index in [9.17, 15) is 0 Å². The van der Waals surface area contributed by atoms with Crippen LogP contribution in [0.25, 0.3) is 22.2 Å². The Labute approximate surface area is 153 Å². The van der Waals surface area contributed by atoms with Crippen molar-refractivity contribution >= 4 is 34.1 Å². The van der Waals surface area contributed by atoms with E-state index >= 15 is 0 Å². The molecule has 3 aromatic rings. The minimum Gasteiger partial charge on any atom is -0.354 e. The predicted molar refractivity (Wildman–Crippen MR) is 105 cm³/mol. The molecule has 24 heavy (non-hydrogen) atoms. The molecule has 2 aromatic carbocycles. The molecule has 0 atom stereocenters. The SMILES string of the molecule is Cc1ccc(C)c2c(CCCCN)c(-c3ccc(Cl)cc3Cl)[nH]c12. The van der Waals surface area contributed by atoms with Crippen LogP contribution in [0.15, 0.2) is 30.3 Å². The molecule has 2 nitrogen and oxygen atoms in total. The van der Waals surface area contributed by atoms with Gasteiger partial charge < -0.3 is 10.7 Å². The summed E-state index contributed by atoms with van der Waals surface area (Å²) in [6.07, 6.45) is 3.07. The molecule has 1 heterocycles. The minimum absolute atomic E-state index is 0.650. The highest BCUT2D eigenvalue weighted by molar-refractivity contribution is 6.36. The van der Waals surface area contributed by atoms with Gasteiger partial charge in [-0.15, -0.1) is 0 Å². The second-order valence-electron chi connectivity index (χ2n) is 6.30. The Kier molecular flexibility index (Phi) is 5.19.